The highest BCUT2D eigenvalue weighted by Gasteiger charge is 2.15. The number of carbonyl (C=O) groups is 1. The standard InChI is InChI=1S/C13H19NO3.ClH/c1-4-17-11-6-5-10(9(2)7-11)8-12(14)13(15)16-3;/h5-7,12H,4,8,14H2,1-3H3;1H. The number of aryl methyl sites for hydroxylation is 1. The van der Waals surface area contributed by atoms with E-state index in [0.29, 0.717) is 13.0 Å². The van der Waals surface area contributed by atoms with Crippen molar-refractivity contribution in [2.24, 2.45) is 5.73 Å². The summed E-state index contributed by atoms with van der Waals surface area (Å²) in [6.45, 7) is 4.55. The van der Waals surface area contributed by atoms with E-state index in [1.807, 2.05) is 32.0 Å². The van der Waals surface area contributed by atoms with Crippen LogP contribution in [0.1, 0.15) is 18.1 Å². The van der Waals surface area contributed by atoms with Crippen molar-refractivity contribution in [3.63, 3.8) is 0 Å². The zero-order valence-electron chi connectivity index (χ0n) is 10.9. The summed E-state index contributed by atoms with van der Waals surface area (Å²) < 4.78 is 9.99. The summed E-state index contributed by atoms with van der Waals surface area (Å²) in [6.07, 6.45) is 0.477. The molecule has 2 N–H and O–H groups in total. The molecule has 0 radical (unpaired) electrons. The number of halogens is 1. The van der Waals surface area contributed by atoms with E-state index in [9.17, 15) is 4.79 Å². The summed E-state index contributed by atoms with van der Waals surface area (Å²) in [6, 6.07) is 5.15. The van der Waals surface area contributed by atoms with Crippen LogP contribution in [0.2, 0.25) is 0 Å². The zero-order chi connectivity index (χ0) is 12.8. The van der Waals surface area contributed by atoms with Crippen LogP contribution in [0.15, 0.2) is 18.2 Å². The summed E-state index contributed by atoms with van der Waals surface area (Å²) in [5.74, 6) is 0.443. The lowest BCUT2D eigenvalue weighted by atomic mass is 10.0. The summed E-state index contributed by atoms with van der Waals surface area (Å²) >= 11 is 0. The molecule has 5 heteroatoms. The summed E-state index contributed by atoms with van der Waals surface area (Å²) in [5, 5.41) is 0. The summed E-state index contributed by atoms with van der Waals surface area (Å²) in [7, 11) is 1.34. The molecule has 0 bridgehead atoms. The molecule has 0 aliphatic rings. The summed E-state index contributed by atoms with van der Waals surface area (Å²) in [4.78, 5) is 11.2. The normalized spacial score (nSPS) is 11.3. The molecule has 0 aromatic heterocycles. The molecule has 1 aromatic carbocycles. The fourth-order valence-electron chi connectivity index (χ4n) is 1.63. The maximum absolute atomic E-state index is 11.2. The lowest BCUT2D eigenvalue weighted by molar-refractivity contribution is -0.142. The topological polar surface area (TPSA) is 61.5 Å². The first kappa shape index (κ1) is 16.7. The van der Waals surface area contributed by atoms with Crippen LogP contribution in [-0.2, 0) is 16.0 Å². The van der Waals surface area contributed by atoms with E-state index in [1.54, 1.807) is 0 Å². The maximum atomic E-state index is 11.2. The summed E-state index contributed by atoms with van der Waals surface area (Å²) in [5.41, 5.74) is 7.82. The fraction of sp³-hybridized carbons (Fsp3) is 0.462. The van der Waals surface area contributed by atoms with Crippen molar-refractivity contribution >= 4 is 18.4 Å². The van der Waals surface area contributed by atoms with Crippen molar-refractivity contribution in [1.29, 1.82) is 0 Å². The van der Waals surface area contributed by atoms with Gasteiger partial charge in [0, 0.05) is 0 Å². The number of hydrogen-bond donors (Lipinski definition) is 1. The number of ether oxygens (including phenoxy) is 2. The number of esters is 1. The minimum Gasteiger partial charge on any atom is -0.494 e. The van der Waals surface area contributed by atoms with E-state index >= 15 is 0 Å². The number of carbonyl (C=O) groups excluding carboxylic acids is 1. The van der Waals surface area contributed by atoms with Gasteiger partial charge in [-0.3, -0.25) is 4.79 Å². The van der Waals surface area contributed by atoms with Crippen LogP contribution in [0.4, 0.5) is 0 Å². The Morgan fingerprint density at radius 3 is 2.61 bits per heavy atom. The van der Waals surface area contributed by atoms with Crippen molar-refractivity contribution in [3.8, 4) is 5.75 Å². The van der Waals surface area contributed by atoms with Gasteiger partial charge in [0.1, 0.15) is 11.8 Å². The Balaban J connectivity index is 0.00000289. The second-order valence-corrected chi connectivity index (χ2v) is 3.86. The molecular weight excluding hydrogens is 254 g/mol. The van der Waals surface area contributed by atoms with Gasteiger partial charge < -0.3 is 15.2 Å². The average molecular weight is 274 g/mol. The molecule has 0 aliphatic carbocycles. The van der Waals surface area contributed by atoms with Crippen molar-refractivity contribution < 1.29 is 14.3 Å². The van der Waals surface area contributed by atoms with Crippen molar-refractivity contribution in [2.75, 3.05) is 13.7 Å². The second-order valence-electron chi connectivity index (χ2n) is 3.86. The highest BCUT2D eigenvalue weighted by Crippen LogP contribution is 2.18. The average Bonchev–Trinajstić information content (AvgIpc) is 2.31. The second kappa shape index (κ2) is 7.95. The molecule has 0 amide bonds. The van der Waals surface area contributed by atoms with E-state index in [-0.39, 0.29) is 12.4 Å². The fourth-order valence-corrected chi connectivity index (χ4v) is 1.63. The number of nitrogens with two attached hydrogens (primary N) is 1. The molecule has 4 nitrogen and oxygen atoms in total. The Labute approximate surface area is 114 Å². The lowest BCUT2D eigenvalue weighted by Gasteiger charge is -2.12. The number of methoxy groups -OCH3 is 1. The number of hydrogen-bond acceptors (Lipinski definition) is 4. The van der Waals surface area contributed by atoms with Crippen LogP contribution in [-0.4, -0.2) is 25.7 Å². The Morgan fingerprint density at radius 1 is 1.44 bits per heavy atom. The highest BCUT2D eigenvalue weighted by atomic mass is 35.5. The first-order chi connectivity index (χ1) is 8.08. The van der Waals surface area contributed by atoms with Crippen molar-refractivity contribution in [2.45, 2.75) is 26.3 Å². The van der Waals surface area contributed by atoms with Gasteiger partial charge in [-0.25, -0.2) is 0 Å². The van der Waals surface area contributed by atoms with Crippen molar-refractivity contribution in [1.82, 2.24) is 0 Å². The maximum Gasteiger partial charge on any atom is 0.322 e. The van der Waals surface area contributed by atoms with Gasteiger partial charge in [0.15, 0.2) is 0 Å². The Kier molecular flexibility index (Phi) is 7.39. The predicted octanol–water partition coefficient (Wildman–Crippen LogP) is 1.86. The van der Waals surface area contributed by atoms with E-state index in [1.165, 1.54) is 7.11 Å². The Morgan fingerprint density at radius 2 is 2.11 bits per heavy atom. The smallest absolute Gasteiger partial charge is 0.322 e. The molecule has 0 spiro atoms. The quantitative estimate of drug-likeness (QED) is 0.832. The van der Waals surface area contributed by atoms with Gasteiger partial charge >= 0.3 is 5.97 Å². The van der Waals surface area contributed by atoms with Crippen LogP contribution in [0.25, 0.3) is 0 Å². The van der Waals surface area contributed by atoms with Crippen LogP contribution < -0.4 is 10.5 Å². The molecule has 1 rings (SSSR count). The first-order valence-electron chi connectivity index (χ1n) is 5.64. The van der Waals surface area contributed by atoms with Gasteiger partial charge in [-0.05, 0) is 43.5 Å². The van der Waals surface area contributed by atoms with Crippen molar-refractivity contribution in [3.05, 3.63) is 29.3 Å². The monoisotopic (exact) mass is 273 g/mol. The van der Waals surface area contributed by atoms with E-state index in [2.05, 4.69) is 4.74 Å². The molecule has 1 aromatic rings. The number of benzene rings is 1. The zero-order valence-corrected chi connectivity index (χ0v) is 11.8. The van der Waals surface area contributed by atoms with Gasteiger partial charge in [0.05, 0.1) is 13.7 Å². The van der Waals surface area contributed by atoms with Crippen LogP contribution in [0, 0.1) is 6.92 Å². The largest absolute Gasteiger partial charge is 0.494 e. The third-order valence-electron chi connectivity index (χ3n) is 2.57. The molecule has 0 saturated heterocycles. The van der Waals surface area contributed by atoms with E-state index in [0.717, 1.165) is 16.9 Å². The molecule has 0 aliphatic heterocycles. The lowest BCUT2D eigenvalue weighted by Crippen LogP contribution is -2.33. The third kappa shape index (κ3) is 4.55. The highest BCUT2D eigenvalue weighted by molar-refractivity contribution is 5.85. The predicted molar refractivity (Wildman–Crippen MR) is 73.3 cm³/mol. The van der Waals surface area contributed by atoms with Crippen LogP contribution >= 0.6 is 12.4 Å². The van der Waals surface area contributed by atoms with E-state index < -0.39 is 12.0 Å². The minimum atomic E-state index is -0.614. The van der Waals surface area contributed by atoms with E-state index in [4.69, 9.17) is 10.5 Å². The molecule has 0 saturated carbocycles. The van der Waals surface area contributed by atoms with Gasteiger partial charge in [-0.2, -0.15) is 0 Å². The first-order valence-corrected chi connectivity index (χ1v) is 5.64. The van der Waals surface area contributed by atoms with Crippen LogP contribution in [0.3, 0.4) is 0 Å². The molecular formula is C13H20ClNO3. The van der Waals surface area contributed by atoms with Crippen LogP contribution in [0.5, 0.6) is 5.75 Å². The SMILES string of the molecule is CCOc1ccc(CC(N)C(=O)OC)c(C)c1.Cl. The molecule has 0 fully saturated rings. The minimum absolute atomic E-state index is 0. The van der Waals surface area contributed by atoms with Gasteiger partial charge in [-0.1, -0.05) is 6.07 Å². The van der Waals surface area contributed by atoms with Gasteiger partial charge in [0.25, 0.3) is 0 Å². The number of rotatable bonds is 5. The molecule has 1 unspecified atom stereocenters. The Hall–Kier alpha value is -1.26. The molecule has 102 valence electrons. The Bertz CT molecular complexity index is 396. The molecule has 18 heavy (non-hydrogen) atoms. The molecule has 0 heterocycles. The van der Waals surface area contributed by atoms with Gasteiger partial charge in [0.2, 0.25) is 0 Å². The molecule has 1 atom stereocenters. The van der Waals surface area contributed by atoms with Gasteiger partial charge in [-0.15, -0.1) is 12.4 Å². The third-order valence-corrected chi connectivity index (χ3v) is 2.57.